The van der Waals surface area contributed by atoms with Gasteiger partial charge in [0.1, 0.15) is 12.4 Å². The molecular weight excluding hydrogens is 396 g/mol. The van der Waals surface area contributed by atoms with Gasteiger partial charge in [-0.05, 0) is 37.8 Å². The van der Waals surface area contributed by atoms with Gasteiger partial charge >= 0.3 is 0 Å². The van der Waals surface area contributed by atoms with E-state index in [9.17, 15) is 4.79 Å². The predicted octanol–water partition coefficient (Wildman–Crippen LogP) is 4.32. The summed E-state index contributed by atoms with van der Waals surface area (Å²) in [6, 6.07) is 7.64. The van der Waals surface area contributed by atoms with Gasteiger partial charge in [-0.15, -0.1) is 10.2 Å². The molecule has 0 radical (unpaired) electrons. The van der Waals surface area contributed by atoms with Crippen LogP contribution in [0.25, 0.3) is 0 Å². The van der Waals surface area contributed by atoms with Crippen LogP contribution in [0.15, 0.2) is 29.4 Å². The molecule has 1 saturated carbocycles. The zero-order valence-corrected chi connectivity index (χ0v) is 17.9. The molecule has 1 amide bonds. The molecule has 0 bridgehead atoms. The Morgan fingerprint density at radius 3 is 2.86 bits per heavy atom. The summed E-state index contributed by atoms with van der Waals surface area (Å²) < 4.78 is 7.74. The van der Waals surface area contributed by atoms with Crippen molar-refractivity contribution >= 4 is 29.3 Å². The lowest BCUT2D eigenvalue weighted by molar-refractivity contribution is -0.119. The van der Waals surface area contributed by atoms with Crippen LogP contribution in [0.2, 0.25) is 5.02 Å². The summed E-state index contributed by atoms with van der Waals surface area (Å²) in [6.45, 7) is 5.22. The van der Waals surface area contributed by atoms with Crippen LogP contribution in [0.3, 0.4) is 0 Å². The number of rotatable bonds is 8. The molecule has 1 fully saturated rings. The van der Waals surface area contributed by atoms with Gasteiger partial charge in [0.25, 0.3) is 0 Å². The van der Waals surface area contributed by atoms with Crippen molar-refractivity contribution in [2.45, 2.75) is 63.9 Å². The Morgan fingerprint density at radius 1 is 1.32 bits per heavy atom. The van der Waals surface area contributed by atoms with E-state index in [0.717, 1.165) is 11.6 Å². The van der Waals surface area contributed by atoms with Gasteiger partial charge < -0.3 is 14.6 Å². The molecule has 152 valence electrons. The Morgan fingerprint density at radius 2 is 2.11 bits per heavy atom. The number of thioether (sulfide) groups is 1. The molecule has 8 heteroatoms. The van der Waals surface area contributed by atoms with Crippen molar-refractivity contribution in [2.75, 3.05) is 5.75 Å². The van der Waals surface area contributed by atoms with E-state index in [1.165, 1.54) is 31.0 Å². The van der Waals surface area contributed by atoms with Gasteiger partial charge in [-0.25, -0.2) is 0 Å². The van der Waals surface area contributed by atoms with E-state index in [1.807, 2.05) is 29.7 Å². The maximum Gasteiger partial charge on any atom is 0.230 e. The van der Waals surface area contributed by atoms with Crippen molar-refractivity contribution in [1.29, 1.82) is 0 Å². The second-order valence-corrected chi connectivity index (χ2v) is 8.44. The van der Waals surface area contributed by atoms with E-state index in [4.69, 9.17) is 16.3 Å². The molecule has 0 saturated heterocycles. The highest BCUT2D eigenvalue weighted by Crippen LogP contribution is 2.26. The Hall–Kier alpha value is -1.73. The highest BCUT2D eigenvalue weighted by molar-refractivity contribution is 7.99. The Balaban J connectivity index is 1.54. The molecule has 1 aromatic carbocycles. The molecule has 1 aromatic heterocycles. The number of hydrogen-bond donors (Lipinski definition) is 1. The number of nitrogens with one attached hydrogen (secondary N) is 1. The molecule has 2 atom stereocenters. The van der Waals surface area contributed by atoms with Crippen LogP contribution in [0.4, 0.5) is 0 Å². The summed E-state index contributed by atoms with van der Waals surface area (Å²) in [7, 11) is 0. The quantitative estimate of drug-likeness (QED) is 0.641. The number of nitrogens with zero attached hydrogens (tertiary/aromatic N) is 3. The number of para-hydroxylation sites is 1. The second-order valence-electron chi connectivity index (χ2n) is 7.09. The lowest BCUT2D eigenvalue weighted by Gasteiger charge is -2.29. The molecule has 1 aliphatic rings. The first-order valence-corrected chi connectivity index (χ1v) is 11.2. The lowest BCUT2D eigenvalue weighted by atomic mass is 9.86. The monoisotopic (exact) mass is 422 g/mol. The SMILES string of the molecule is CCn1c(COc2ccccc2Cl)nnc1SCC(=O)N[C@@H]1CCCC[C@H]1C. The highest BCUT2D eigenvalue weighted by atomic mass is 35.5. The zero-order chi connectivity index (χ0) is 19.9. The van der Waals surface area contributed by atoms with E-state index >= 15 is 0 Å². The number of carbonyl (C=O) groups excluding carboxylic acids is 1. The molecule has 0 aliphatic heterocycles. The number of aromatic nitrogens is 3. The number of benzene rings is 1. The van der Waals surface area contributed by atoms with Crippen molar-refractivity contribution in [1.82, 2.24) is 20.1 Å². The average Bonchev–Trinajstić information content (AvgIpc) is 3.09. The molecule has 1 aliphatic carbocycles. The maximum absolute atomic E-state index is 12.4. The summed E-state index contributed by atoms with van der Waals surface area (Å²) >= 11 is 7.54. The maximum atomic E-state index is 12.4. The summed E-state index contributed by atoms with van der Waals surface area (Å²) in [4.78, 5) is 12.4. The van der Waals surface area contributed by atoms with Crippen LogP contribution in [-0.2, 0) is 17.9 Å². The van der Waals surface area contributed by atoms with Crippen molar-refractivity contribution in [3.8, 4) is 5.75 Å². The Labute approximate surface area is 175 Å². The van der Waals surface area contributed by atoms with Crippen molar-refractivity contribution in [3.05, 3.63) is 35.1 Å². The minimum atomic E-state index is 0.0586. The average molecular weight is 423 g/mol. The Bertz CT molecular complexity index is 798. The van der Waals surface area contributed by atoms with Gasteiger partial charge in [0, 0.05) is 12.6 Å². The lowest BCUT2D eigenvalue weighted by Crippen LogP contribution is -2.41. The molecule has 2 aromatic rings. The first kappa shape index (κ1) is 21.0. The molecule has 0 unspecified atom stereocenters. The molecule has 6 nitrogen and oxygen atoms in total. The van der Waals surface area contributed by atoms with Crippen LogP contribution in [0.1, 0.15) is 45.4 Å². The molecule has 28 heavy (non-hydrogen) atoms. The van der Waals surface area contributed by atoms with Crippen LogP contribution < -0.4 is 10.1 Å². The number of ether oxygens (including phenoxy) is 1. The van der Waals surface area contributed by atoms with Crippen LogP contribution >= 0.6 is 23.4 Å². The van der Waals surface area contributed by atoms with Crippen LogP contribution in [-0.4, -0.2) is 32.5 Å². The fourth-order valence-electron chi connectivity index (χ4n) is 3.46. The Kier molecular flexibility index (Phi) is 7.62. The minimum absolute atomic E-state index is 0.0586. The third-order valence-electron chi connectivity index (χ3n) is 5.09. The second kappa shape index (κ2) is 10.2. The molecular formula is C20H27ClN4O2S. The summed E-state index contributed by atoms with van der Waals surface area (Å²) in [5.41, 5.74) is 0. The van der Waals surface area contributed by atoms with Gasteiger partial charge in [0.15, 0.2) is 11.0 Å². The van der Waals surface area contributed by atoms with Gasteiger partial charge in [0.2, 0.25) is 5.91 Å². The van der Waals surface area contributed by atoms with Gasteiger partial charge in [-0.3, -0.25) is 4.79 Å². The first-order chi connectivity index (χ1) is 13.6. The van der Waals surface area contributed by atoms with E-state index in [2.05, 4.69) is 22.4 Å². The smallest absolute Gasteiger partial charge is 0.230 e. The molecule has 1 heterocycles. The fraction of sp³-hybridized carbons (Fsp3) is 0.550. The van der Waals surface area contributed by atoms with E-state index in [-0.39, 0.29) is 12.5 Å². The van der Waals surface area contributed by atoms with Crippen molar-refractivity contribution in [3.63, 3.8) is 0 Å². The number of hydrogen-bond acceptors (Lipinski definition) is 5. The fourth-order valence-corrected chi connectivity index (χ4v) is 4.49. The molecule has 0 spiro atoms. The summed E-state index contributed by atoms with van der Waals surface area (Å²) in [5, 5.41) is 12.9. The van der Waals surface area contributed by atoms with Gasteiger partial charge in [-0.2, -0.15) is 0 Å². The van der Waals surface area contributed by atoms with E-state index < -0.39 is 0 Å². The number of carbonyl (C=O) groups is 1. The van der Waals surface area contributed by atoms with Crippen molar-refractivity contribution in [2.24, 2.45) is 5.92 Å². The topological polar surface area (TPSA) is 69.0 Å². The van der Waals surface area contributed by atoms with E-state index in [0.29, 0.717) is 40.9 Å². The summed E-state index contributed by atoms with van der Waals surface area (Å²) in [6.07, 6.45) is 4.73. The van der Waals surface area contributed by atoms with Crippen molar-refractivity contribution < 1.29 is 9.53 Å². The molecule has 3 rings (SSSR count). The third-order valence-corrected chi connectivity index (χ3v) is 6.37. The highest BCUT2D eigenvalue weighted by Gasteiger charge is 2.23. The summed E-state index contributed by atoms with van der Waals surface area (Å²) in [5.74, 6) is 2.28. The van der Waals surface area contributed by atoms with Gasteiger partial charge in [0.05, 0.1) is 10.8 Å². The molecule has 1 N–H and O–H groups in total. The van der Waals surface area contributed by atoms with Crippen LogP contribution in [0, 0.1) is 5.92 Å². The van der Waals surface area contributed by atoms with Crippen LogP contribution in [0.5, 0.6) is 5.75 Å². The third kappa shape index (κ3) is 5.41. The van der Waals surface area contributed by atoms with Gasteiger partial charge in [-0.1, -0.05) is 55.3 Å². The first-order valence-electron chi connectivity index (χ1n) is 9.80. The largest absolute Gasteiger partial charge is 0.484 e. The van der Waals surface area contributed by atoms with E-state index in [1.54, 1.807) is 6.07 Å². The zero-order valence-electron chi connectivity index (χ0n) is 16.4. The predicted molar refractivity (Wildman–Crippen MR) is 112 cm³/mol. The standard InChI is InChI=1S/C20H27ClN4O2S/c1-3-25-18(12-27-17-11-7-5-9-15(17)21)23-24-20(25)28-13-19(26)22-16-10-6-4-8-14(16)2/h5,7,9,11,14,16H,3-4,6,8,10,12-13H2,1-2H3,(H,22,26)/t14-,16-/m1/s1. The number of halogens is 1. The minimum Gasteiger partial charge on any atom is -0.484 e. The normalized spacial score (nSPS) is 19.4. The number of amides is 1.